The van der Waals surface area contributed by atoms with Gasteiger partial charge in [-0.3, -0.25) is 0 Å². The van der Waals surface area contributed by atoms with Gasteiger partial charge >= 0.3 is 0 Å². The first-order chi connectivity index (χ1) is 4.74. The van der Waals surface area contributed by atoms with Crippen molar-refractivity contribution in [2.24, 2.45) is 5.92 Å². The summed E-state index contributed by atoms with van der Waals surface area (Å²) in [4.78, 5) is 2.46. The van der Waals surface area contributed by atoms with Crippen molar-refractivity contribution in [3.8, 4) is 0 Å². The molecule has 0 radical (unpaired) electrons. The van der Waals surface area contributed by atoms with Crippen LogP contribution in [-0.2, 0) is 0 Å². The molecule has 0 N–H and O–H groups in total. The van der Waals surface area contributed by atoms with E-state index in [1.54, 1.807) is 0 Å². The van der Waals surface area contributed by atoms with Gasteiger partial charge < -0.3 is 4.90 Å². The Hall–Kier alpha value is -0.0400. The average Bonchev–Trinajstić information content (AvgIpc) is 1.95. The predicted octanol–water partition coefficient (Wildman–Crippen LogP) is 2.13. The van der Waals surface area contributed by atoms with Crippen LogP contribution in [0.4, 0.5) is 0 Å². The van der Waals surface area contributed by atoms with E-state index in [0.29, 0.717) is 0 Å². The Labute approximate surface area is 64.4 Å². The van der Waals surface area contributed by atoms with Crippen molar-refractivity contribution in [3.05, 3.63) is 0 Å². The van der Waals surface area contributed by atoms with E-state index < -0.39 is 0 Å². The van der Waals surface area contributed by atoms with Gasteiger partial charge in [-0.15, -0.1) is 0 Å². The summed E-state index contributed by atoms with van der Waals surface area (Å²) in [6.45, 7) is 5.95. The molecule has 1 saturated heterocycles. The zero-order valence-electron chi connectivity index (χ0n) is 7.43. The molecular formula is C9H19N. The van der Waals surface area contributed by atoms with Crippen LogP contribution >= 0.6 is 0 Å². The Morgan fingerprint density at radius 1 is 1.50 bits per heavy atom. The molecule has 1 aliphatic rings. The van der Waals surface area contributed by atoms with Crippen LogP contribution in [0.5, 0.6) is 0 Å². The Bertz CT molecular complexity index is 101. The number of rotatable bonds is 1. The minimum atomic E-state index is 0.818. The maximum atomic E-state index is 2.46. The number of nitrogens with zero attached hydrogens (tertiary/aromatic N) is 1. The Morgan fingerprint density at radius 3 is 2.70 bits per heavy atom. The summed E-state index contributed by atoms with van der Waals surface area (Å²) in [5, 5.41) is 0. The number of piperidine rings is 1. The van der Waals surface area contributed by atoms with E-state index in [1.165, 1.54) is 25.8 Å². The molecule has 10 heavy (non-hydrogen) atoms. The van der Waals surface area contributed by atoms with Gasteiger partial charge in [-0.1, -0.05) is 13.3 Å². The van der Waals surface area contributed by atoms with E-state index >= 15 is 0 Å². The molecule has 1 rings (SSSR count). The highest BCUT2D eigenvalue weighted by atomic mass is 15.1. The lowest BCUT2D eigenvalue weighted by Crippen LogP contribution is -2.37. The maximum absolute atomic E-state index is 2.46. The molecule has 0 spiro atoms. The van der Waals surface area contributed by atoms with Crippen molar-refractivity contribution in [2.75, 3.05) is 13.6 Å². The minimum absolute atomic E-state index is 0.818. The first-order valence-electron chi connectivity index (χ1n) is 4.44. The molecule has 0 amide bonds. The summed E-state index contributed by atoms with van der Waals surface area (Å²) < 4.78 is 0. The van der Waals surface area contributed by atoms with E-state index in [4.69, 9.17) is 0 Å². The van der Waals surface area contributed by atoms with Crippen LogP contribution in [0.1, 0.15) is 33.1 Å². The van der Waals surface area contributed by atoms with Crippen molar-refractivity contribution in [1.29, 1.82) is 0 Å². The third-order valence-corrected chi connectivity index (χ3v) is 2.89. The first-order valence-corrected chi connectivity index (χ1v) is 4.44. The largest absolute Gasteiger partial charge is 0.304 e. The van der Waals surface area contributed by atoms with E-state index in [2.05, 4.69) is 25.8 Å². The standard InChI is InChI=1S/C9H19N/c1-4-9-5-6-10(3)8(2)7-9/h8-9H,4-7H2,1-3H3/t8-,9+/m0/s1. The third kappa shape index (κ3) is 1.72. The van der Waals surface area contributed by atoms with Crippen LogP contribution in [0, 0.1) is 5.92 Å². The van der Waals surface area contributed by atoms with Gasteiger partial charge in [0.05, 0.1) is 0 Å². The Morgan fingerprint density at radius 2 is 2.20 bits per heavy atom. The number of hydrogen-bond donors (Lipinski definition) is 0. The molecule has 0 unspecified atom stereocenters. The monoisotopic (exact) mass is 141 g/mol. The molecule has 1 nitrogen and oxygen atoms in total. The zero-order chi connectivity index (χ0) is 7.56. The lowest BCUT2D eigenvalue weighted by molar-refractivity contribution is 0.152. The highest BCUT2D eigenvalue weighted by molar-refractivity contribution is 4.75. The fourth-order valence-electron chi connectivity index (χ4n) is 1.76. The van der Waals surface area contributed by atoms with E-state index in [1.807, 2.05) is 0 Å². The Balaban J connectivity index is 2.33. The Kier molecular flexibility index (Phi) is 2.72. The molecule has 60 valence electrons. The van der Waals surface area contributed by atoms with Gasteiger partial charge in [0.25, 0.3) is 0 Å². The third-order valence-electron chi connectivity index (χ3n) is 2.89. The molecule has 0 aromatic heterocycles. The zero-order valence-corrected chi connectivity index (χ0v) is 7.43. The van der Waals surface area contributed by atoms with Crippen LogP contribution in [0.15, 0.2) is 0 Å². The van der Waals surface area contributed by atoms with E-state index in [-0.39, 0.29) is 0 Å². The highest BCUT2D eigenvalue weighted by Gasteiger charge is 2.20. The summed E-state index contributed by atoms with van der Waals surface area (Å²) >= 11 is 0. The van der Waals surface area contributed by atoms with Gasteiger partial charge in [-0.05, 0) is 39.3 Å². The lowest BCUT2D eigenvalue weighted by atomic mass is 9.90. The smallest absolute Gasteiger partial charge is 0.00665 e. The molecule has 1 fully saturated rings. The number of likely N-dealkylation sites (tertiary alicyclic amines) is 1. The summed E-state index contributed by atoms with van der Waals surface area (Å²) in [6.07, 6.45) is 4.20. The molecule has 0 bridgehead atoms. The topological polar surface area (TPSA) is 3.24 Å². The van der Waals surface area contributed by atoms with Crippen molar-refractivity contribution < 1.29 is 0 Å². The summed E-state index contributed by atoms with van der Waals surface area (Å²) in [5.74, 6) is 1.01. The summed E-state index contributed by atoms with van der Waals surface area (Å²) in [7, 11) is 2.23. The van der Waals surface area contributed by atoms with Crippen molar-refractivity contribution >= 4 is 0 Å². The van der Waals surface area contributed by atoms with Crippen molar-refractivity contribution in [1.82, 2.24) is 4.90 Å². The van der Waals surface area contributed by atoms with E-state index in [0.717, 1.165) is 12.0 Å². The molecule has 0 aliphatic carbocycles. The van der Waals surface area contributed by atoms with E-state index in [9.17, 15) is 0 Å². The lowest BCUT2D eigenvalue weighted by Gasteiger charge is -2.34. The molecule has 1 heteroatoms. The average molecular weight is 141 g/mol. The van der Waals surface area contributed by atoms with Gasteiger partial charge in [-0.25, -0.2) is 0 Å². The summed E-state index contributed by atoms with van der Waals surface area (Å²) in [5.41, 5.74) is 0. The molecule has 0 saturated carbocycles. The van der Waals surface area contributed by atoms with Gasteiger partial charge in [-0.2, -0.15) is 0 Å². The second-order valence-corrected chi connectivity index (χ2v) is 3.63. The number of hydrogen-bond acceptors (Lipinski definition) is 1. The van der Waals surface area contributed by atoms with Crippen molar-refractivity contribution in [3.63, 3.8) is 0 Å². The first kappa shape index (κ1) is 8.06. The van der Waals surface area contributed by atoms with Crippen LogP contribution in [-0.4, -0.2) is 24.5 Å². The van der Waals surface area contributed by atoms with Gasteiger partial charge in [0.1, 0.15) is 0 Å². The van der Waals surface area contributed by atoms with Crippen LogP contribution < -0.4 is 0 Å². The molecular weight excluding hydrogens is 122 g/mol. The van der Waals surface area contributed by atoms with Crippen molar-refractivity contribution in [2.45, 2.75) is 39.2 Å². The fourth-order valence-corrected chi connectivity index (χ4v) is 1.76. The quantitative estimate of drug-likeness (QED) is 0.540. The van der Waals surface area contributed by atoms with Gasteiger partial charge in [0.2, 0.25) is 0 Å². The fraction of sp³-hybridized carbons (Fsp3) is 1.00. The molecule has 0 aromatic rings. The predicted molar refractivity (Wildman–Crippen MR) is 45.1 cm³/mol. The normalized spacial score (nSPS) is 36.3. The second-order valence-electron chi connectivity index (χ2n) is 3.63. The van der Waals surface area contributed by atoms with Crippen LogP contribution in [0.25, 0.3) is 0 Å². The van der Waals surface area contributed by atoms with Gasteiger partial charge in [0.15, 0.2) is 0 Å². The maximum Gasteiger partial charge on any atom is 0.00665 e. The van der Waals surface area contributed by atoms with Crippen LogP contribution in [0.3, 0.4) is 0 Å². The highest BCUT2D eigenvalue weighted by Crippen LogP contribution is 2.23. The van der Waals surface area contributed by atoms with Gasteiger partial charge in [0, 0.05) is 6.04 Å². The SMILES string of the molecule is CC[C@@H]1CCN(C)[C@@H](C)C1. The van der Waals surface area contributed by atoms with Crippen LogP contribution in [0.2, 0.25) is 0 Å². The second kappa shape index (κ2) is 3.38. The molecule has 0 aromatic carbocycles. The minimum Gasteiger partial charge on any atom is -0.304 e. The molecule has 2 atom stereocenters. The molecule has 1 aliphatic heterocycles. The molecule has 1 heterocycles. The summed E-state index contributed by atoms with van der Waals surface area (Å²) in [6, 6.07) is 0.818.